The minimum Gasteiger partial charge on any atom is -0.491 e. The fraction of sp³-hybridized carbons (Fsp3) is 0. The molecule has 4 heteroatoms. The maximum absolute atomic E-state index is 8.41. The van der Waals surface area contributed by atoms with Crippen molar-refractivity contribution in [2.45, 2.75) is 0 Å². The number of aromatic hydroxyl groups is 1. The summed E-state index contributed by atoms with van der Waals surface area (Å²) in [6.07, 6.45) is 2.23. The molecule has 1 aromatic rings. The van der Waals surface area contributed by atoms with E-state index in [2.05, 4.69) is 4.98 Å². The van der Waals surface area contributed by atoms with Crippen LogP contribution in [0.15, 0.2) is 12.5 Å². The Morgan fingerprint density at radius 1 is 1.71 bits per heavy atom. The Hall–Kier alpha value is -1.19. The van der Waals surface area contributed by atoms with Gasteiger partial charge in [-0.2, -0.15) is 0 Å². The van der Waals surface area contributed by atoms with E-state index in [4.69, 9.17) is 10.3 Å². The summed E-state index contributed by atoms with van der Waals surface area (Å²) in [5.74, 6) is -0.250. The van der Waals surface area contributed by atoms with Gasteiger partial charge < -0.3 is 10.3 Å². The van der Waals surface area contributed by atoms with E-state index in [-0.39, 0.29) is 5.88 Å². The first kappa shape index (κ1) is 3.98. The molecule has 0 aromatic carbocycles. The molecular formula is C3H4N2O2. The lowest BCUT2D eigenvalue weighted by atomic mass is 10.9. The molecule has 7 heavy (non-hydrogen) atoms. The molecule has 0 aliphatic rings. The van der Waals surface area contributed by atoms with Gasteiger partial charge in [-0.15, -0.1) is 4.73 Å². The summed E-state index contributed by atoms with van der Waals surface area (Å²) in [5, 5.41) is 16.8. The van der Waals surface area contributed by atoms with E-state index < -0.39 is 0 Å². The van der Waals surface area contributed by atoms with Gasteiger partial charge in [-0.3, -0.25) is 0 Å². The van der Waals surface area contributed by atoms with Gasteiger partial charge in [-0.05, 0) is 0 Å². The Kier molecular flexibility index (Phi) is 0.651. The number of nitrogens with zero attached hydrogens (tertiary/aromatic N) is 2. The monoisotopic (exact) mass is 100 g/mol. The molecule has 0 atom stereocenters. The molecule has 0 fully saturated rings. The lowest BCUT2D eigenvalue weighted by molar-refractivity contribution is 0.155. The van der Waals surface area contributed by atoms with E-state index in [1.807, 2.05) is 0 Å². The fourth-order valence-electron chi connectivity index (χ4n) is 0.281. The topological polar surface area (TPSA) is 58.3 Å². The highest BCUT2D eigenvalue weighted by Gasteiger charge is 1.89. The fourth-order valence-corrected chi connectivity index (χ4v) is 0.281. The Morgan fingerprint density at radius 3 is 2.57 bits per heavy atom. The van der Waals surface area contributed by atoms with E-state index in [9.17, 15) is 0 Å². The van der Waals surface area contributed by atoms with Crippen LogP contribution < -0.4 is 0 Å². The molecule has 1 rings (SSSR count). The highest BCUT2D eigenvalue weighted by Crippen LogP contribution is 2.00. The molecule has 2 N–H and O–H groups in total. The molecule has 0 amide bonds. The van der Waals surface area contributed by atoms with Gasteiger partial charge in [0.1, 0.15) is 6.33 Å². The summed E-state index contributed by atoms with van der Waals surface area (Å²) in [6, 6.07) is 0. The van der Waals surface area contributed by atoms with E-state index >= 15 is 0 Å². The Bertz CT molecular complexity index is 143. The van der Waals surface area contributed by atoms with Gasteiger partial charge in [0.2, 0.25) is 5.88 Å². The van der Waals surface area contributed by atoms with Crippen molar-refractivity contribution >= 4 is 0 Å². The Morgan fingerprint density at radius 2 is 2.43 bits per heavy atom. The second-order valence-corrected chi connectivity index (χ2v) is 1.10. The van der Waals surface area contributed by atoms with Crippen LogP contribution in [0.4, 0.5) is 0 Å². The quantitative estimate of drug-likeness (QED) is 0.445. The summed E-state index contributed by atoms with van der Waals surface area (Å²) < 4.78 is 0.528. The van der Waals surface area contributed by atoms with Crippen molar-refractivity contribution in [2.75, 3.05) is 0 Å². The van der Waals surface area contributed by atoms with E-state index in [0.717, 1.165) is 12.5 Å². The third-order valence-corrected chi connectivity index (χ3v) is 0.601. The van der Waals surface area contributed by atoms with Gasteiger partial charge in [0, 0.05) is 0 Å². The lowest BCUT2D eigenvalue weighted by Gasteiger charge is -1.84. The van der Waals surface area contributed by atoms with E-state index in [0.29, 0.717) is 4.73 Å². The predicted octanol–water partition coefficient (Wildman–Crippen LogP) is -0.174. The third-order valence-electron chi connectivity index (χ3n) is 0.601. The van der Waals surface area contributed by atoms with Crippen molar-refractivity contribution in [1.82, 2.24) is 9.71 Å². The second-order valence-electron chi connectivity index (χ2n) is 1.10. The smallest absolute Gasteiger partial charge is 0.245 e. The third kappa shape index (κ3) is 0.489. The van der Waals surface area contributed by atoms with Crippen molar-refractivity contribution in [3.63, 3.8) is 0 Å². The van der Waals surface area contributed by atoms with Crippen molar-refractivity contribution < 1.29 is 10.3 Å². The molecule has 1 heterocycles. The van der Waals surface area contributed by atoms with Gasteiger partial charge in [-0.1, -0.05) is 0 Å². The normalized spacial score (nSPS) is 9.14. The standard InChI is InChI=1S/C3H4N2O2/c6-3-1-4-2-5(3)7/h1-2,6-7H. The number of imidazole rings is 1. The number of hydrogen-bond donors (Lipinski definition) is 2. The summed E-state index contributed by atoms with van der Waals surface area (Å²) in [7, 11) is 0. The van der Waals surface area contributed by atoms with Crippen molar-refractivity contribution in [3.05, 3.63) is 12.5 Å². The van der Waals surface area contributed by atoms with Crippen molar-refractivity contribution in [3.8, 4) is 5.88 Å². The summed E-state index contributed by atoms with van der Waals surface area (Å²) in [5.41, 5.74) is 0. The van der Waals surface area contributed by atoms with E-state index in [1.165, 1.54) is 0 Å². The zero-order valence-electron chi connectivity index (χ0n) is 3.44. The molecule has 38 valence electrons. The van der Waals surface area contributed by atoms with Crippen LogP contribution in [0.2, 0.25) is 0 Å². The van der Waals surface area contributed by atoms with Gasteiger partial charge in [0.25, 0.3) is 0 Å². The first-order valence-corrected chi connectivity index (χ1v) is 1.71. The highest BCUT2D eigenvalue weighted by atomic mass is 16.5. The molecule has 0 saturated heterocycles. The molecule has 0 spiro atoms. The molecule has 0 aliphatic heterocycles. The molecule has 1 aromatic heterocycles. The summed E-state index contributed by atoms with van der Waals surface area (Å²) >= 11 is 0. The van der Waals surface area contributed by atoms with Gasteiger partial charge in [0.05, 0.1) is 6.20 Å². The summed E-state index contributed by atoms with van der Waals surface area (Å²) in [4.78, 5) is 3.38. The van der Waals surface area contributed by atoms with Crippen LogP contribution in [0, 0.1) is 0 Å². The average Bonchev–Trinajstić information content (AvgIpc) is 1.91. The predicted molar refractivity (Wildman–Crippen MR) is 21.1 cm³/mol. The SMILES string of the molecule is Oc1cncn1O. The van der Waals surface area contributed by atoms with Crippen molar-refractivity contribution in [1.29, 1.82) is 0 Å². The lowest BCUT2D eigenvalue weighted by Crippen LogP contribution is -1.82. The second kappa shape index (κ2) is 1.14. The average molecular weight is 100 g/mol. The zero-order valence-corrected chi connectivity index (χ0v) is 3.44. The van der Waals surface area contributed by atoms with Gasteiger partial charge >= 0.3 is 0 Å². The number of hydrogen-bond acceptors (Lipinski definition) is 3. The van der Waals surface area contributed by atoms with Gasteiger partial charge in [0.15, 0.2) is 0 Å². The van der Waals surface area contributed by atoms with Crippen molar-refractivity contribution in [2.24, 2.45) is 0 Å². The van der Waals surface area contributed by atoms with Crippen LogP contribution in [-0.2, 0) is 0 Å². The van der Waals surface area contributed by atoms with Gasteiger partial charge in [-0.25, -0.2) is 4.98 Å². The minimum absolute atomic E-state index is 0.250. The largest absolute Gasteiger partial charge is 0.491 e. The molecule has 0 radical (unpaired) electrons. The number of aromatic nitrogens is 2. The molecular weight excluding hydrogens is 96.0 g/mol. The summed E-state index contributed by atoms with van der Waals surface area (Å²) in [6.45, 7) is 0. The highest BCUT2D eigenvalue weighted by molar-refractivity contribution is 4.99. The molecule has 0 aliphatic carbocycles. The Labute approximate surface area is 39.6 Å². The maximum atomic E-state index is 8.41. The van der Waals surface area contributed by atoms with Crippen LogP contribution in [0.1, 0.15) is 0 Å². The molecule has 4 nitrogen and oxygen atoms in total. The van der Waals surface area contributed by atoms with Crippen LogP contribution >= 0.6 is 0 Å². The first-order valence-electron chi connectivity index (χ1n) is 1.71. The molecule has 0 unspecified atom stereocenters. The molecule has 0 saturated carbocycles. The first-order chi connectivity index (χ1) is 3.30. The van der Waals surface area contributed by atoms with Crippen LogP contribution in [0.3, 0.4) is 0 Å². The Balaban J connectivity index is 3.12. The molecule has 0 bridgehead atoms. The zero-order chi connectivity index (χ0) is 5.28. The number of rotatable bonds is 0. The maximum Gasteiger partial charge on any atom is 0.245 e. The van der Waals surface area contributed by atoms with E-state index in [1.54, 1.807) is 0 Å². The minimum atomic E-state index is -0.250. The van der Waals surface area contributed by atoms with Crippen LogP contribution in [-0.4, -0.2) is 20.0 Å². The van der Waals surface area contributed by atoms with Crippen LogP contribution in [0.25, 0.3) is 0 Å². The van der Waals surface area contributed by atoms with Crippen LogP contribution in [0.5, 0.6) is 5.88 Å².